The van der Waals surface area contributed by atoms with Crippen LogP contribution in [0.25, 0.3) is 0 Å². The van der Waals surface area contributed by atoms with Gasteiger partial charge >= 0.3 is 5.97 Å². The second kappa shape index (κ2) is 6.62. The summed E-state index contributed by atoms with van der Waals surface area (Å²) < 4.78 is 6.11. The molecular weight excluding hydrogens is 306 g/mol. The molecule has 0 radical (unpaired) electrons. The number of aromatic nitrogens is 2. The molecule has 0 spiro atoms. The Morgan fingerprint density at radius 2 is 1.95 bits per heavy atom. The number of hydrogen-bond acceptors (Lipinski definition) is 4. The maximum absolute atomic E-state index is 12.2. The molecule has 1 heterocycles. The maximum atomic E-state index is 12.2. The predicted molar refractivity (Wildman–Crippen MR) is 83.1 cm³/mol. The second-order valence-corrected chi connectivity index (χ2v) is 5.21. The van der Waals surface area contributed by atoms with Crippen molar-refractivity contribution in [1.29, 1.82) is 0 Å². The van der Waals surface area contributed by atoms with Crippen LogP contribution in [0.5, 0.6) is 0 Å². The van der Waals surface area contributed by atoms with Gasteiger partial charge in [-0.1, -0.05) is 23.7 Å². The molecule has 0 bridgehead atoms. The third kappa shape index (κ3) is 3.46. The number of amides is 1. The van der Waals surface area contributed by atoms with Gasteiger partial charge in [-0.25, -0.2) is 4.79 Å². The second-order valence-electron chi connectivity index (χ2n) is 4.78. The molecule has 0 aliphatic heterocycles. The van der Waals surface area contributed by atoms with Crippen LogP contribution in [0.3, 0.4) is 0 Å². The van der Waals surface area contributed by atoms with E-state index >= 15 is 0 Å². The van der Waals surface area contributed by atoms with Crippen molar-refractivity contribution < 1.29 is 14.3 Å². The first-order chi connectivity index (χ1) is 10.4. The van der Waals surface area contributed by atoms with Crippen molar-refractivity contribution in [2.24, 2.45) is 7.05 Å². The lowest BCUT2D eigenvalue weighted by atomic mass is 10.1. The van der Waals surface area contributed by atoms with Gasteiger partial charge in [0.2, 0.25) is 5.91 Å². The number of nitrogens with one attached hydrogen (secondary N) is 1. The molecule has 2 rings (SSSR count). The van der Waals surface area contributed by atoms with Crippen LogP contribution in [-0.2, 0) is 23.0 Å². The Morgan fingerprint density at radius 3 is 2.55 bits per heavy atom. The molecule has 0 aliphatic carbocycles. The van der Waals surface area contributed by atoms with Gasteiger partial charge in [0.15, 0.2) is 5.69 Å². The van der Waals surface area contributed by atoms with Gasteiger partial charge in [-0.2, -0.15) is 5.10 Å². The van der Waals surface area contributed by atoms with E-state index in [1.165, 1.54) is 11.8 Å². The van der Waals surface area contributed by atoms with Crippen LogP contribution < -0.4 is 5.32 Å². The van der Waals surface area contributed by atoms with Crippen LogP contribution in [-0.4, -0.2) is 28.8 Å². The van der Waals surface area contributed by atoms with E-state index in [0.717, 1.165) is 5.56 Å². The summed E-state index contributed by atoms with van der Waals surface area (Å²) in [5, 5.41) is 7.47. The number of benzene rings is 1. The molecule has 0 saturated heterocycles. The zero-order chi connectivity index (χ0) is 16.3. The smallest absolute Gasteiger partial charge is 0.358 e. The number of nitrogens with zero attached hydrogens (tertiary/aromatic N) is 2. The van der Waals surface area contributed by atoms with Gasteiger partial charge in [-0.3, -0.25) is 9.48 Å². The Kier molecular flexibility index (Phi) is 4.82. The minimum absolute atomic E-state index is 0.173. The Balaban J connectivity index is 2.18. The molecule has 6 nitrogen and oxygen atoms in total. The maximum Gasteiger partial charge on any atom is 0.358 e. The SMILES string of the molecule is COC(=O)c1c(NC(=O)Cc2ccc(Cl)cc2)c(C)nn1C. The number of carbonyl (C=O) groups is 2. The standard InChI is InChI=1S/C15H16ClN3O3/c1-9-13(14(15(21)22-3)19(2)18-9)17-12(20)8-10-4-6-11(16)7-5-10/h4-7H,8H2,1-3H3,(H,17,20). The molecule has 2 aromatic rings. The van der Waals surface area contributed by atoms with Gasteiger partial charge in [-0.05, 0) is 24.6 Å². The van der Waals surface area contributed by atoms with Crippen molar-refractivity contribution in [3.63, 3.8) is 0 Å². The number of rotatable bonds is 4. The topological polar surface area (TPSA) is 73.2 Å². The normalized spacial score (nSPS) is 10.4. The summed E-state index contributed by atoms with van der Waals surface area (Å²) in [6.07, 6.45) is 0.173. The molecule has 0 atom stereocenters. The van der Waals surface area contributed by atoms with E-state index in [2.05, 4.69) is 10.4 Å². The van der Waals surface area contributed by atoms with Crippen LogP contribution in [0.1, 0.15) is 21.7 Å². The molecule has 7 heteroatoms. The third-order valence-electron chi connectivity index (χ3n) is 3.14. The summed E-state index contributed by atoms with van der Waals surface area (Å²) in [6.45, 7) is 1.71. The van der Waals surface area contributed by atoms with Gasteiger partial charge in [0.1, 0.15) is 0 Å². The first kappa shape index (κ1) is 16.0. The van der Waals surface area contributed by atoms with Crippen molar-refractivity contribution in [2.45, 2.75) is 13.3 Å². The molecule has 0 aliphatic rings. The zero-order valence-electron chi connectivity index (χ0n) is 12.5. The van der Waals surface area contributed by atoms with Crippen molar-refractivity contribution in [3.05, 3.63) is 46.2 Å². The van der Waals surface area contributed by atoms with E-state index in [0.29, 0.717) is 16.4 Å². The van der Waals surface area contributed by atoms with Crippen molar-refractivity contribution in [3.8, 4) is 0 Å². The predicted octanol–water partition coefficient (Wildman–Crippen LogP) is 2.35. The minimum atomic E-state index is -0.551. The molecule has 116 valence electrons. The molecule has 1 N–H and O–H groups in total. The summed E-state index contributed by atoms with van der Waals surface area (Å²) in [5.74, 6) is -0.798. The van der Waals surface area contributed by atoms with E-state index in [1.54, 1.807) is 38.2 Å². The summed E-state index contributed by atoms with van der Waals surface area (Å²) in [5.41, 5.74) is 1.95. The van der Waals surface area contributed by atoms with E-state index < -0.39 is 5.97 Å². The number of ether oxygens (including phenoxy) is 1. The van der Waals surface area contributed by atoms with Crippen LogP contribution in [0.2, 0.25) is 5.02 Å². The third-order valence-corrected chi connectivity index (χ3v) is 3.40. The highest BCUT2D eigenvalue weighted by Crippen LogP contribution is 2.21. The first-order valence-corrected chi connectivity index (χ1v) is 6.96. The zero-order valence-corrected chi connectivity index (χ0v) is 13.3. The van der Waals surface area contributed by atoms with Gasteiger partial charge in [0.25, 0.3) is 0 Å². The Bertz CT molecular complexity index is 708. The molecule has 1 amide bonds. The molecule has 1 aromatic heterocycles. The van der Waals surface area contributed by atoms with Gasteiger partial charge in [0, 0.05) is 12.1 Å². The van der Waals surface area contributed by atoms with E-state index in [9.17, 15) is 9.59 Å². The largest absolute Gasteiger partial charge is 0.464 e. The number of anilines is 1. The molecule has 0 unspecified atom stereocenters. The fourth-order valence-corrected chi connectivity index (χ4v) is 2.24. The van der Waals surface area contributed by atoms with Gasteiger partial charge in [0.05, 0.1) is 24.9 Å². The number of carbonyl (C=O) groups excluding carboxylic acids is 2. The fraction of sp³-hybridized carbons (Fsp3) is 0.267. The molecular formula is C15H16ClN3O3. The number of aryl methyl sites for hydroxylation is 2. The lowest BCUT2D eigenvalue weighted by molar-refractivity contribution is -0.115. The molecule has 0 saturated carbocycles. The van der Waals surface area contributed by atoms with Crippen LogP contribution in [0.15, 0.2) is 24.3 Å². The van der Waals surface area contributed by atoms with Crippen LogP contribution in [0, 0.1) is 6.92 Å². The van der Waals surface area contributed by atoms with Crippen molar-refractivity contribution >= 4 is 29.2 Å². The lowest BCUT2D eigenvalue weighted by Gasteiger charge is -2.07. The average Bonchev–Trinajstić information content (AvgIpc) is 2.75. The highest BCUT2D eigenvalue weighted by Gasteiger charge is 2.22. The van der Waals surface area contributed by atoms with Crippen molar-refractivity contribution in [1.82, 2.24) is 9.78 Å². The molecule has 0 fully saturated rings. The summed E-state index contributed by atoms with van der Waals surface area (Å²) in [6, 6.07) is 7.00. The number of methoxy groups -OCH3 is 1. The molecule has 1 aromatic carbocycles. The average molecular weight is 322 g/mol. The van der Waals surface area contributed by atoms with Crippen molar-refractivity contribution in [2.75, 3.05) is 12.4 Å². The van der Waals surface area contributed by atoms with Crippen LogP contribution >= 0.6 is 11.6 Å². The minimum Gasteiger partial charge on any atom is -0.464 e. The summed E-state index contributed by atoms with van der Waals surface area (Å²) in [7, 11) is 2.90. The Labute approximate surface area is 133 Å². The monoisotopic (exact) mass is 321 g/mol. The quantitative estimate of drug-likeness (QED) is 0.877. The summed E-state index contributed by atoms with van der Waals surface area (Å²) >= 11 is 5.81. The molecule has 22 heavy (non-hydrogen) atoms. The summed E-state index contributed by atoms with van der Waals surface area (Å²) in [4.78, 5) is 24.0. The highest BCUT2D eigenvalue weighted by atomic mass is 35.5. The van der Waals surface area contributed by atoms with E-state index in [4.69, 9.17) is 16.3 Å². The first-order valence-electron chi connectivity index (χ1n) is 6.58. The lowest BCUT2D eigenvalue weighted by Crippen LogP contribution is -2.18. The Morgan fingerprint density at radius 1 is 1.32 bits per heavy atom. The van der Waals surface area contributed by atoms with Gasteiger partial charge < -0.3 is 10.1 Å². The van der Waals surface area contributed by atoms with Crippen LogP contribution in [0.4, 0.5) is 5.69 Å². The number of esters is 1. The fourth-order valence-electron chi connectivity index (χ4n) is 2.11. The Hall–Kier alpha value is -2.34. The highest BCUT2D eigenvalue weighted by molar-refractivity contribution is 6.30. The van der Waals surface area contributed by atoms with E-state index in [-0.39, 0.29) is 18.0 Å². The number of hydrogen-bond donors (Lipinski definition) is 1. The van der Waals surface area contributed by atoms with Gasteiger partial charge in [-0.15, -0.1) is 0 Å². The van der Waals surface area contributed by atoms with E-state index in [1.807, 2.05) is 0 Å². The number of halogens is 1.